The predicted molar refractivity (Wildman–Crippen MR) is 197 cm³/mol. The smallest absolute Gasteiger partial charge is 0.344 e. The van der Waals surface area contributed by atoms with E-state index in [1.165, 1.54) is 11.0 Å². The topological polar surface area (TPSA) is 114 Å². The molecule has 3 amide bonds. The molecule has 3 aromatic carbocycles. The summed E-state index contributed by atoms with van der Waals surface area (Å²) in [6, 6.07) is 23.9. The average molecular weight is 776 g/mol. The van der Waals surface area contributed by atoms with Crippen molar-refractivity contribution in [3.8, 4) is 5.75 Å². The third-order valence-corrected chi connectivity index (χ3v) is 8.61. The first-order valence-corrected chi connectivity index (χ1v) is 17.1. The normalized spacial score (nSPS) is 14.3. The van der Waals surface area contributed by atoms with Crippen LogP contribution in [0, 0.1) is 3.57 Å². The zero-order valence-corrected chi connectivity index (χ0v) is 29.4. The van der Waals surface area contributed by atoms with E-state index in [1.807, 2.05) is 83.3 Å². The van der Waals surface area contributed by atoms with E-state index in [4.69, 9.17) is 9.47 Å². The number of rotatable bonds is 13. The van der Waals surface area contributed by atoms with E-state index in [-0.39, 0.29) is 35.6 Å². The van der Waals surface area contributed by atoms with Gasteiger partial charge >= 0.3 is 5.97 Å². The molecular weight excluding hydrogens is 741 g/mol. The van der Waals surface area contributed by atoms with E-state index in [1.54, 1.807) is 56.4 Å². The highest BCUT2D eigenvalue weighted by molar-refractivity contribution is 14.1. The zero-order chi connectivity index (χ0) is 34.5. The van der Waals surface area contributed by atoms with Crippen LogP contribution in [-0.2, 0) is 23.9 Å². The molecule has 11 heteroatoms. The molecule has 48 heavy (non-hydrogen) atoms. The Morgan fingerprint density at radius 2 is 1.71 bits per heavy atom. The number of amidine groups is 1. The van der Waals surface area contributed by atoms with E-state index < -0.39 is 23.8 Å². The second-order valence-electron chi connectivity index (χ2n) is 10.1. The molecule has 1 aliphatic rings. The fourth-order valence-electron chi connectivity index (χ4n) is 4.62. The summed E-state index contributed by atoms with van der Waals surface area (Å²) in [5.74, 6) is -1.75. The summed E-state index contributed by atoms with van der Waals surface area (Å²) in [4.78, 5) is 57.9. The maximum absolute atomic E-state index is 14.0. The van der Waals surface area contributed by atoms with Crippen LogP contribution in [0.1, 0.15) is 36.6 Å². The molecule has 0 fully saturated rings. The Balaban J connectivity index is 1.58. The van der Waals surface area contributed by atoms with Gasteiger partial charge in [-0.1, -0.05) is 103 Å². The summed E-state index contributed by atoms with van der Waals surface area (Å²) in [5.41, 5.74) is 2.69. The van der Waals surface area contributed by atoms with Crippen LogP contribution in [0.2, 0.25) is 0 Å². The summed E-state index contributed by atoms with van der Waals surface area (Å²) in [7, 11) is 0. The largest absolute Gasteiger partial charge is 0.481 e. The third-order valence-electron chi connectivity index (χ3n) is 6.83. The van der Waals surface area contributed by atoms with Gasteiger partial charge in [-0.15, -0.1) is 0 Å². The summed E-state index contributed by atoms with van der Waals surface area (Å²) in [6.45, 7) is 7.19. The van der Waals surface area contributed by atoms with Crippen molar-refractivity contribution in [3.63, 3.8) is 0 Å². The first kappa shape index (κ1) is 36.1. The number of benzene rings is 3. The fourth-order valence-corrected chi connectivity index (χ4v) is 6.13. The first-order chi connectivity index (χ1) is 23.2. The van der Waals surface area contributed by atoms with Crippen LogP contribution in [0.15, 0.2) is 126 Å². The second-order valence-corrected chi connectivity index (χ2v) is 12.2. The lowest BCUT2D eigenvalue weighted by Crippen LogP contribution is -2.42. The van der Waals surface area contributed by atoms with Gasteiger partial charge in [0.05, 0.1) is 22.0 Å². The number of aliphatic imine (C=N–C) groups is 1. The van der Waals surface area contributed by atoms with Gasteiger partial charge < -0.3 is 14.8 Å². The van der Waals surface area contributed by atoms with Crippen LogP contribution in [-0.4, -0.2) is 52.7 Å². The summed E-state index contributed by atoms with van der Waals surface area (Å²) in [5, 5.41) is 3.16. The highest BCUT2D eigenvalue weighted by atomic mass is 127. The molecule has 9 nitrogen and oxygen atoms in total. The minimum absolute atomic E-state index is 0.0763. The minimum Gasteiger partial charge on any atom is -0.481 e. The quantitative estimate of drug-likeness (QED) is 0.0683. The van der Waals surface area contributed by atoms with E-state index in [2.05, 4.69) is 16.9 Å². The van der Waals surface area contributed by atoms with Gasteiger partial charge in [0.25, 0.3) is 11.8 Å². The number of nitrogens with zero attached hydrogens (tertiary/aromatic N) is 2. The number of halogens is 1. The van der Waals surface area contributed by atoms with Gasteiger partial charge in [-0.3, -0.25) is 19.3 Å². The van der Waals surface area contributed by atoms with Crippen molar-refractivity contribution >= 4 is 69.3 Å². The molecule has 4 rings (SSSR count). The molecule has 1 aliphatic heterocycles. The molecular formula is C37H34IN3O6S. The number of carbonyl (C=O) groups is 4. The standard InChI is InChI=1S/C37H34IN3O6S/c1-4-7-18-28(5-2)41-36(45)29(21-25-19-20-31(30(38)22-25)47-23-33(43)46-6-3)35(44)40-37(41)48-24-32(42)39-34(26-14-10-8-11-15-26)27-16-12-9-13-17-27/h4-5,7-22,34H,1,6,23-24H2,2-3H3,(H,39,42)/b18-7-,28-5+,29-21+. The molecule has 0 atom stereocenters. The summed E-state index contributed by atoms with van der Waals surface area (Å²) < 4.78 is 11.1. The second kappa shape index (κ2) is 18.0. The average Bonchev–Trinajstić information content (AvgIpc) is 3.09. The molecule has 0 bridgehead atoms. The number of hydrogen-bond donors (Lipinski definition) is 1. The lowest BCUT2D eigenvalue weighted by atomic mass is 9.99. The van der Waals surface area contributed by atoms with Crippen LogP contribution >= 0.6 is 34.4 Å². The van der Waals surface area contributed by atoms with Crippen LogP contribution < -0.4 is 10.1 Å². The minimum atomic E-state index is -0.730. The molecule has 0 spiro atoms. The highest BCUT2D eigenvalue weighted by Crippen LogP contribution is 2.29. The van der Waals surface area contributed by atoms with Gasteiger partial charge in [-0.2, -0.15) is 4.99 Å². The Kier molecular flexibility index (Phi) is 13.5. The number of ether oxygens (including phenoxy) is 2. The van der Waals surface area contributed by atoms with E-state index >= 15 is 0 Å². The predicted octanol–water partition coefficient (Wildman–Crippen LogP) is 6.63. The fraction of sp³-hybridized carbons (Fsp3) is 0.162. The number of thioether (sulfide) groups is 1. The van der Waals surface area contributed by atoms with Crippen molar-refractivity contribution in [2.45, 2.75) is 19.9 Å². The zero-order valence-electron chi connectivity index (χ0n) is 26.4. The number of carbonyl (C=O) groups excluding carboxylic acids is 4. The SMILES string of the molecule is C=C/C=C\C(=C/C)N1C(=O)/C(=C/c2ccc(OCC(=O)OCC)c(I)c2)C(=O)N=C1SCC(=O)NC(c1ccccc1)c1ccccc1. The van der Waals surface area contributed by atoms with Gasteiger partial charge in [0, 0.05) is 5.70 Å². The van der Waals surface area contributed by atoms with Gasteiger partial charge in [0.2, 0.25) is 5.91 Å². The van der Waals surface area contributed by atoms with Crippen molar-refractivity contribution < 1.29 is 28.7 Å². The van der Waals surface area contributed by atoms with Gasteiger partial charge in [-0.05, 0) is 77.4 Å². The molecule has 0 saturated heterocycles. The van der Waals surface area contributed by atoms with E-state index in [0.29, 0.717) is 20.6 Å². The van der Waals surface area contributed by atoms with Crippen molar-refractivity contribution in [2.24, 2.45) is 4.99 Å². The van der Waals surface area contributed by atoms with E-state index in [0.717, 1.165) is 22.9 Å². The molecule has 0 aliphatic carbocycles. The van der Waals surface area contributed by atoms with Crippen molar-refractivity contribution in [2.75, 3.05) is 19.0 Å². The molecule has 0 saturated carbocycles. The number of nitrogens with one attached hydrogen (secondary N) is 1. The van der Waals surface area contributed by atoms with Crippen LogP contribution in [0.5, 0.6) is 5.75 Å². The molecule has 0 unspecified atom stereocenters. The Labute approximate surface area is 297 Å². The van der Waals surface area contributed by atoms with Gasteiger partial charge in [0.15, 0.2) is 11.8 Å². The van der Waals surface area contributed by atoms with Crippen LogP contribution in [0.25, 0.3) is 6.08 Å². The lowest BCUT2D eigenvalue weighted by molar-refractivity contribution is -0.145. The molecule has 1 heterocycles. The Bertz CT molecular complexity index is 1750. The number of hydrogen-bond acceptors (Lipinski definition) is 7. The Morgan fingerprint density at radius 1 is 1.04 bits per heavy atom. The maximum atomic E-state index is 14.0. The molecule has 0 aromatic heterocycles. The Hall–Kier alpha value is -4.75. The molecule has 3 aromatic rings. The molecule has 1 N–H and O–H groups in total. The van der Waals surface area contributed by atoms with Crippen LogP contribution in [0.4, 0.5) is 0 Å². The monoisotopic (exact) mass is 775 g/mol. The summed E-state index contributed by atoms with van der Waals surface area (Å²) >= 11 is 3.04. The highest BCUT2D eigenvalue weighted by Gasteiger charge is 2.35. The van der Waals surface area contributed by atoms with E-state index in [9.17, 15) is 19.2 Å². The first-order valence-electron chi connectivity index (χ1n) is 15.0. The van der Waals surface area contributed by atoms with Crippen LogP contribution in [0.3, 0.4) is 0 Å². The summed E-state index contributed by atoms with van der Waals surface area (Å²) in [6.07, 6.45) is 8.08. The van der Waals surface area contributed by atoms with Crippen molar-refractivity contribution in [1.82, 2.24) is 10.2 Å². The maximum Gasteiger partial charge on any atom is 0.344 e. The number of amides is 3. The van der Waals surface area contributed by atoms with Crippen molar-refractivity contribution in [3.05, 3.63) is 141 Å². The lowest BCUT2D eigenvalue weighted by Gasteiger charge is -2.28. The van der Waals surface area contributed by atoms with Gasteiger partial charge in [-0.25, -0.2) is 4.79 Å². The Morgan fingerprint density at radius 3 is 2.29 bits per heavy atom. The van der Waals surface area contributed by atoms with Crippen molar-refractivity contribution in [1.29, 1.82) is 0 Å². The number of esters is 1. The third kappa shape index (κ3) is 9.64. The number of allylic oxidation sites excluding steroid dienone is 4. The molecule has 0 radical (unpaired) electrons. The molecule has 246 valence electrons. The van der Waals surface area contributed by atoms with Gasteiger partial charge in [0.1, 0.15) is 11.3 Å².